The second-order valence-corrected chi connectivity index (χ2v) is 5.12. The van der Waals surface area contributed by atoms with Gasteiger partial charge in [-0.05, 0) is 19.3 Å². The zero-order valence-electron chi connectivity index (χ0n) is 10.8. The minimum atomic E-state index is -0.916. The summed E-state index contributed by atoms with van der Waals surface area (Å²) >= 11 is 0. The van der Waals surface area contributed by atoms with E-state index in [1.807, 2.05) is 0 Å². The fourth-order valence-corrected chi connectivity index (χ4v) is 2.59. The SMILES string of the molecule is C=CCOC(=O)N1CC(CC(=O)O)OC2(CCC2)C1. The molecule has 1 saturated heterocycles. The molecular weight excluding hydrogens is 250 g/mol. The van der Waals surface area contributed by atoms with Crippen molar-refractivity contribution < 1.29 is 24.2 Å². The van der Waals surface area contributed by atoms with E-state index in [9.17, 15) is 9.59 Å². The zero-order valence-corrected chi connectivity index (χ0v) is 10.8. The number of hydrogen-bond donors (Lipinski definition) is 1. The van der Waals surface area contributed by atoms with Crippen LogP contribution in [0.3, 0.4) is 0 Å². The summed E-state index contributed by atoms with van der Waals surface area (Å²) in [5.74, 6) is -0.916. The van der Waals surface area contributed by atoms with Crippen molar-refractivity contribution in [2.24, 2.45) is 0 Å². The van der Waals surface area contributed by atoms with Crippen LogP contribution in [0.2, 0.25) is 0 Å². The number of rotatable bonds is 4. The predicted molar refractivity (Wildman–Crippen MR) is 66.8 cm³/mol. The maximum Gasteiger partial charge on any atom is 0.410 e. The average molecular weight is 269 g/mol. The van der Waals surface area contributed by atoms with E-state index in [0.29, 0.717) is 6.54 Å². The second kappa shape index (κ2) is 5.61. The molecular formula is C13H19NO5. The first-order valence-corrected chi connectivity index (χ1v) is 6.47. The lowest BCUT2D eigenvalue weighted by atomic mass is 9.78. The number of carbonyl (C=O) groups excluding carboxylic acids is 1. The maximum absolute atomic E-state index is 11.9. The molecule has 1 aliphatic carbocycles. The van der Waals surface area contributed by atoms with Gasteiger partial charge in [-0.3, -0.25) is 4.79 Å². The lowest BCUT2D eigenvalue weighted by Crippen LogP contribution is -2.60. The van der Waals surface area contributed by atoms with E-state index in [0.717, 1.165) is 19.3 Å². The van der Waals surface area contributed by atoms with Crippen molar-refractivity contribution >= 4 is 12.1 Å². The van der Waals surface area contributed by atoms with Crippen LogP contribution >= 0.6 is 0 Å². The van der Waals surface area contributed by atoms with Crippen molar-refractivity contribution in [2.75, 3.05) is 19.7 Å². The van der Waals surface area contributed by atoms with E-state index in [4.69, 9.17) is 14.6 Å². The van der Waals surface area contributed by atoms with Crippen LogP contribution in [0.5, 0.6) is 0 Å². The van der Waals surface area contributed by atoms with Gasteiger partial charge in [0, 0.05) is 0 Å². The Morgan fingerprint density at radius 1 is 1.53 bits per heavy atom. The highest BCUT2D eigenvalue weighted by atomic mass is 16.6. The molecule has 6 nitrogen and oxygen atoms in total. The van der Waals surface area contributed by atoms with Gasteiger partial charge in [0.15, 0.2) is 0 Å². The Labute approximate surface area is 112 Å². The number of aliphatic carboxylic acids is 1. The Morgan fingerprint density at radius 2 is 2.26 bits per heavy atom. The Balaban J connectivity index is 2.00. The molecule has 0 radical (unpaired) electrons. The number of carboxylic acid groups (broad SMARTS) is 1. The number of amides is 1. The topological polar surface area (TPSA) is 76.1 Å². The van der Waals surface area contributed by atoms with Crippen molar-refractivity contribution in [2.45, 2.75) is 37.4 Å². The highest BCUT2D eigenvalue weighted by molar-refractivity contribution is 5.69. The Hall–Kier alpha value is -1.56. The lowest BCUT2D eigenvalue weighted by molar-refractivity contribution is -0.190. The van der Waals surface area contributed by atoms with Crippen molar-refractivity contribution in [1.29, 1.82) is 0 Å². The summed E-state index contributed by atoms with van der Waals surface area (Å²) in [7, 11) is 0. The Morgan fingerprint density at radius 3 is 2.79 bits per heavy atom. The first-order chi connectivity index (χ1) is 9.04. The first-order valence-electron chi connectivity index (χ1n) is 6.47. The van der Waals surface area contributed by atoms with Crippen LogP contribution < -0.4 is 0 Å². The van der Waals surface area contributed by atoms with Crippen LogP contribution in [0.1, 0.15) is 25.7 Å². The highest BCUT2D eigenvalue weighted by Gasteiger charge is 2.47. The van der Waals surface area contributed by atoms with Gasteiger partial charge in [0.25, 0.3) is 0 Å². The fourth-order valence-electron chi connectivity index (χ4n) is 2.59. The molecule has 6 heteroatoms. The summed E-state index contributed by atoms with van der Waals surface area (Å²) in [4.78, 5) is 24.2. The molecule has 1 aliphatic heterocycles. The van der Waals surface area contributed by atoms with Crippen LogP contribution in [-0.2, 0) is 14.3 Å². The average Bonchev–Trinajstić information content (AvgIpc) is 2.32. The molecule has 106 valence electrons. The summed E-state index contributed by atoms with van der Waals surface area (Å²) in [5, 5.41) is 8.86. The summed E-state index contributed by atoms with van der Waals surface area (Å²) in [6, 6.07) is 0. The molecule has 2 fully saturated rings. The van der Waals surface area contributed by atoms with E-state index >= 15 is 0 Å². The van der Waals surface area contributed by atoms with E-state index in [-0.39, 0.29) is 25.2 Å². The monoisotopic (exact) mass is 269 g/mol. The van der Waals surface area contributed by atoms with Gasteiger partial charge in [-0.15, -0.1) is 0 Å². The van der Waals surface area contributed by atoms with Crippen molar-refractivity contribution in [1.82, 2.24) is 4.90 Å². The molecule has 1 amide bonds. The van der Waals surface area contributed by atoms with Crippen LogP contribution in [0.15, 0.2) is 12.7 Å². The lowest BCUT2D eigenvalue weighted by Gasteiger charge is -2.50. The molecule has 2 rings (SSSR count). The molecule has 1 unspecified atom stereocenters. The van der Waals surface area contributed by atoms with Crippen LogP contribution in [0.25, 0.3) is 0 Å². The van der Waals surface area contributed by atoms with Crippen molar-refractivity contribution in [3.63, 3.8) is 0 Å². The number of carboxylic acids is 1. The third-order valence-corrected chi connectivity index (χ3v) is 3.57. The summed E-state index contributed by atoms with van der Waals surface area (Å²) in [6.45, 7) is 4.40. The van der Waals surface area contributed by atoms with E-state index < -0.39 is 18.2 Å². The summed E-state index contributed by atoms with van der Waals surface area (Å²) in [5.41, 5.74) is -0.356. The molecule has 0 bridgehead atoms. The molecule has 1 saturated carbocycles. The van der Waals surface area contributed by atoms with Crippen molar-refractivity contribution in [3.8, 4) is 0 Å². The van der Waals surface area contributed by atoms with Gasteiger partial charge < -0.3 is 19.5 Å². The van der Waals surface area contributed by atoms with Gasteiger partial charge in [0.2, 0.25) is 0 Å². The van der Waals surface area contributed by atoms with Gasteiger partial charge in [-0.1, -0.05) is 12.7 Å². The second-order valence-electron chi connectivity index (χ2n) is 5.12. The van der Waals surface area contributed by atoms with Gasteiger partial charge in [0.1, 0.15) is 6.61 Å². The van der Waals surface area contributed by atoms with Gasteiger partial charge in [-0.2, -0.15) is 0 Å². The van der Waals surface area contributed by atoms with Crippen LogP contribution in [0.4, 0.5) is 4.79 Å². The summed E-state index contributed by atoms with van der Waals surface area (Å²) < 4.78 is 10.9. The standard InChI is InChI=1S/C13H19NO5/c1-2-6-18-12(17)14-8-10(7-11(15)16)19-13(9-14)4-3-5-13/h2,10H,1,3-9H2,(H,15,16). The quantitative estimate of drug-likeness (QED) is 0.781. The van der Waals surface area contributed by atoms with Gasteiger partial charge in [-0.25, -0.2) is 4.79 Å². The molecule has 2 aliphatic rings. The number of nitrogens with zero attached hydrogens (tertiary/aromatic N) is 1. The molecule has 1 N–H and O–H groups in total. The van der Waals surface area contributed by atoms with Crippen LogP contribution in [-0.4, -0.2) is 53.5 Å². The fraction of sp³-hybridized carbons (Fsp3) is 0.692. The van der Waals surface area contributed by atoms with E-state index in [1.165, 1.54) is 6.08 Å². The Bertz CT molecular complexity index is 377. The zero-order chi connectivity index (χ0) is 13.9. The van der Waals surface area contributed by atoms with E-state index in [1.54, 1.807) is 4.90 Å². The normalized spacial score (nSPS) is 24.6. The predicted octanol–water partition coefficient (Wildman–Crippen LogP) is 1.41. The van der Waals surface area contributed by atoms with Crippen molar-refractivity contribution in [3.05, 3.63) is 12.7 Å². The molecule has 0 aromatic rings. The summed E-state index contributed by atoms with van der Waals surface area (Å²) in [6.07, 6.45) is 3.32. The highest BCUT2D eigenvalue weighted by Crippen LogP contribution is 2.40. The molecule has 1 spiro atoms. The van der Waals surface area contributed by atoms with E-state index in [2.05, 4.69) is 6.58 Å². The minimum Gasteiger partial charge on any atom is -0.481 e. The molecule has 19 heavy (non-hydrogen) atoms. The number of morpholine rings is 1. The molecule has 1 atom stereocenters. The molecule has 0 aromatic heterocycles. The third kappa shape index (κ3) is 3.26. The minimum absolute atomic E-state index is 0.0903. The van der Waals surface area contributed by atoms with Crippen LogP contribution in [0, 0.1) is 0 Å². The third-order valence-electron chi connectivity index (χ3n) is 3.57. The van der Waals surface area contributed by atoms with Gasteiger partial charge >= 0.3 is 12.1 Å². The van der Waals surface area contributed by atoms with Gasteiger partial charge in [0.05, 0.1) is 31.2 Å². The smallest absolute Gasteiger partial charge is 0.410 e. The largest absolute Gasteiger partial charge is 0.481 e. The molecule has 1 heterocycles. The maximum atomic E-state index is 11.9. The number of carbonyl (C=O) groups is 2. The number of ether oxygens (including phenoxy) is 2. The Kier molecular flexibility index (Phi) is 4.09. The molecule has 0 aromatic carbocycles. The first kappa shape index (κ1) is 13.9. The number of hydrogen-bond acceptors (Lipinski definition) is 4.